The summed E-state index contributed by atoms with van der Waals surface area (Å²) < 4.78 is 0. The van der Waals surface area contributed by atoms with Gasteiger partial charge in [-0.3, -0.25) is 4.79 Å². The number of fused-ring (bicyclic) bond motifs is 2. The molecule has 4 fully saturated rings. The predicted octanol–water partition coefficient (Wildman–Crippen LogP) is 0.602. The van der Waals surface area contributed by atoms with Crippen LogP contribution in [0.25, 0.3) is 0 Å². The largest absolute Gasteiger partial charge is 0.481 e. The molecule has 0 amide bonds. The Morgan fingerprint density at radius 2 is 2.33 bits per heavy atom. The molecule has 0 aromatic carbocycles. The van der Waals surface area contributed by atoms with Crippen molar-refractivity contribution < 1.29 is 9.90 Å². The van der Waals surface area contributed by atoms with E-state index in [4.69, 9.17) is 5.11 Å². The minimum Gasteiger partial charge on any atom is -0.481 e. The molecule has 3 aliphatic carbocycles. The maximum absolute atomic E-state index is 10.9. The number of hydrogen-bond donors (Lipinski definition) is 2. The number of hydrogen-bond acceptors (Lipinski definition) is 2. The molecule has 4 rings (SSSR count). The molecule has 0 aromatic heterocycles. The molecule has 1 aliphatic heterocycles. The standard InChI is InChI=1S/C9H13NO2/c11-8(12)6-3-5-1-2-9(6)7(4-5)10-9/h5-7,10H,1-4H2,(H,11,12). The molecule has 3 saturated carbocycles. The summed E-state index contributed by atoms with van der Waals surface area (Å²) in [6.45, 7) is 0. The summed E-state index contributed by atoms with van der Waals surface area (Å²) in [5, 5.41) is 12.4. The highest BCUT2D eigenvalue weighted by Gasteiger charge is 2.66. The van der Waals surface area contributed by atoms with Crippen molar-refractivity contribution in [1.82, 2.24) is 5.32 Å². The van der Waals surface area contributed by atoms with Crippen LogP contribution in [0.4, 0.5) is 0 Å². The molecule has 4 unspecified atom stereocenters. The lowest BCUT2D eigenvalue weighted by atomic mass is 9.64. The second-order valence-electron chi connectivity index (χ2n) is 4.50. The Hall–Kier alpha value is -0.570. The van der Waals surface area contributed by atoms with Gasteiger partial charge in [0.1, 0.15) is 0 Å². The van der Waals surface area contributed by atoms with Crippen molar-refractivity contribution in [2.75, 3.05) is 0 Å². The average Bonchev–Trinajstić information content (AvgIpc) is 2.76. The third-order valence-electron chi connectivity index (χ3n) is 4.01. The van der Waals surface area contributed by atoms with Gasteiger partial charge in [0.2, 0.25) is 0 Å². The summed E-state index contributed by atoms with van der Waals surface area (Å²) >= 11 is 0. The highest BCUT2D eigenvalue weighted by molar-refractivity contribution is 5.74. The molecule has 1 spiro atoms. The van der Waals surface area contributed by atoms with Crippen molar-refractivity contribution in [3.63, 3.8) is 0 Å². The third-order valence-corrected chi connectivity index (χ3v) is 4.01. The van der Waals surface area contributed by atoms with Crippen LogP contribution in [0.2, 0.25) is 0 Å². The van der Waals surface area contributed by atoms with E-state index in [0.717, 1.165) is 12.8 Å². The van der Waals surface area contributed by atoms with E-state index in [1.807, 2.05) is 0 Å². The molecule has 4 atom stereocenters. The smallest absolute Gasteiger partial charge is 0.308 e. The summed E-state index contributed by atoms with van der Waals surface area (Å²) in [6.07, 6.45) is 4.48. The van der Waals surface area contributed by atoms with E-state index >= 15 is 0 Å². The zero-order chi connectivity index (χ0) is 8.34. The Balaban J connectivity index is 1.94. The highest BCUT2D eigenvalue weighted by Crippen LogP contribution is 2.55. The quantitative estimate of drug-likeness (QED) is 0.562. The molecule has 1 heterocycles. The van der Waals surface area contributed by atoms with Crippen LogP contribution in [0.5, 0.6) is 0 Å². The van der Waals surface area contributed by atoms with Crippen molar-refractivity contribution >= 4 is 5.97 Å². The molecular formula is C9H13NO2. The number of rotatable bonds is 1. The molecule has 2 bridgehead atoms. The Bertz CT molecular complexity index is 253. The Morgan fingerprint density at radius 3 is 2.92 bits per heavy atom. The van der Waals surface area contributed by atoms with Crippen molar-refractivity contribution in [2.45, 2.75) is 37.3 Å². The predicted molar refractivity (Wildman–Crippen MR) is 42.7 cm³/mol. The topological polar surface area (TPSA) is 59.2 Å². The Morgan fingerprint density at radius 1 is 1.50 bits per heavy atom. The first kappa shape index (κ1) is 6.89. The second-order valence-corrected chi connectivity index (χ2v) is 4.50. The SMILES string of the molecule is O=C(O)C1CC2CCC13NC3C2. The normalized spacial score (nSPS) is 54.8. The Labute approximate surface area is 71.1 Å². The van der Waals surface area contributed by atoms with Crippen molar-refractivity contribution in [3.8, 4) is 0 Å². The van der Waals surface area contributed by atoms with E-state index in [-0.39, 0.29) is 11.5 Å². The van der Waals surface area contributed by atoms with E-state index < -0.39 is 5.97 Å². The fourth-order valence-electron chi connectivity index (χ4n) is 3.29. The zero-order valence-electron chi connectivity index (χ0n) is 6.92. The van der Waals surface area contributed by atoms with E-state index in [1.54, 1.807) is 0 Å². The van der Waals surface area contributed by atoms with Crippen LogP contribution in [0.1, 0.15) is 25.7 Å². The van der Waals surface area contributed by atoms with Gasteiger partial charge in [-0.1, -0.05) is 0 Å². The lowest BCUT2D eigenvalue weighted by molar-refractivity contribution is -0.145. The van der Waals surface area contributed by atoms with Gasteiger partial charge in [-0.2, -0.15) is 0 Å². The number of carboxylic acids is 1. The van der Waals surface area contributed by atoms with Gasteiger partial charge in [-0.15, -0.1) is 0 Å². The number of carboxylic acid groups (broad SMARTS) is 1. The first-order chi connectivity index (χ1) is 5.72. The molecule has 66 valence electrons. The van der Waals surface area contributed by atoms with Crippen LogP contribution < -0.4 is 5.32 Å². The Kier molecular flexibility index (Phi) is 1.06. The van der Waals surface area contributed by atoms with Gasteiger partial charge in [0.15, 0.2) is 0 Å². The average molecular weight is 167 g/mol. The number of aliphatic carboxylic acids is 1. The number of nitrogens with one attached hydrogen (secondary N) is 1. The molecule has 3 heteroatoms. The molecule has 0 radical (unpaired) electrons. The van der Waals surface area contributed by atoms with Crippen molar-refractivity contribution in [1.29, 1.82) is 0 Å². The van der Waals surface area contributed by atoms with Crippen LogP contribution >= 0.6 is 0 Å². The monoisotopic (exact) mass is 167 g/mol. The number of carbonyl (C=O) groups is 1. The van der Waals surface area contributed by atoms with Crippen molar-refractivity contribution in [3.05, 3.63) is 0 Å². The maximum atomic E-state index is 10.9. The van der Waals surface area contributed by atoms with Crippen LogP contribution in [-0.2, 0) is 4.79 Å². The van der Waals surface area contributed by atoms with Gasteiger partial charge in [-0.05, 0) is 31.6 Å². The zero-order valence-corrected chi connectivity index (χ0v) is 6.92. The van der Waals surface area contributed by atoms with Crippen molar-refractivity contribution in [2.24, 2.45) is 11.8 Å². The van der Waals surface area contributed by atoms with Gasteiger partial charge in [-0.25, -0.2) is 0 Å². The van der Waals surface area contributed by atoms with E-state index in [0.29, 0.717) is 12.0 Å². The summed E-state index contributed by atoms with van der Waals surface area (Å²) in [6, 6.07) is 0.547. The lowest BCUT2D eigenvalue weighted by Crippen LogP contribution is -2.44. The minimum absolute atomic E-state index is 0.0422. The lowest BCUT2D eigenvalue weighted by Gasteiger charge is -2.38. The van der Waals surface area contributed by atoms with Crippen LogP contribution in [0.3, 0.4) is 0 Å². The molecule has 4 aliphatic rings. The van der Waals surface area contributed by atoms with Crippen LogP contribution in [0, 0.1) is 11.8 Å². The molecule has 2 N–H and O–H groups in total. The minimum atomic E-state index is -0.589. The third kappa shape index (κ3) is 0.637. The summed E-state index contributed by atoms with van der Waals surface area (Å²) in [4.78, 5) is 10.9. The van der Waals surface area contributed by atoms with Gasteiger partial charge in [0.05, 0.1) is 5.92 Å². The molecule has 12 heavy (non-hydrogen) atoms. The molecule has 3 nitrogen and oxygen atoms in total. The van der Waals surface area contributed by atoms with Crippen LogP contribution in [0.15, 0.2) is 0 Å². The van der Waals surface area contributed by atoms with E-state index in [1.165, 1.54) is 12.8 Å². The first-order valence-corrected chi connectivity index (χ1v) is 4.73. The van der Waals surface area contributed by atoms with Gasteiger partial charge in [0.25, 0.3) is 0 Å². The van der Waals surface area contributed by atoms with Crippen LogP contribution in [-0.4, -0.2) is 22.7 Å². The second kappa shape index (κ2) is 1.84. The fourth-order valence-corrected chi connectivity index (χ4v) is 3.29. The molecule has 1 saturated heterocycles. The van der Waals surface area contributed by atoms with E-state index in [2.05, 4.69) is 5.32 Å². The highest BCUT2D eigenvalue weighted by atomic mass is 16.4. The van der Waals surface area contributed by atoms with Gasteiger partial charge < -0.3 is 10.4 Å². The van der Waals surface area contributed by atoms with Gasteiger partial charge >= 0.3 is 5.97 Å². The fraction of sp³-hybridized carbons (Fsp3) is 0.889. The first-order valence-electron chi connectivity index (χ1n) is 4.73. The summed E-state index contributed by atoms with van der Waals surface area (Å²) in [7, 11) is 0. The summed E-state index contributed by atoms with van der Waals surface area (Å²) in [5.74, 6) is 0.0115. The van der Waals surface area contributed by atoms with E-state index in [9.17, 15) is 4.79 Å². The maximum Gasteiger partial charge on any atom is 0.308 e. The summed E-state index contributed by atoms with van der Waals surface area (Å²) in [5.41, 5.74) is 0.0422. The molecular weight excluding hydrogens is 154 g/mol. The van der Waals surface area contributed by atoms with Gasteiger partial charge in [0, 0.05) is 11.6 Å². The molecule has 0 aromatic rings.